The number of ketones is 1. The van der Waals surface area contributed by atoms with Gasteiger partial charge >= 0.3 is 12.1 Å². The van der Waals surface area contributed by atoms with E-state index in [4.69, 9.17) is 0 Å². The van der Waals surface area contributed by atoms with Gasteiger partial charge in [0, 0.05) is 11.8 Å². The Kier molecular flexibility index (Phi) is 6.35. The molecule has 2 rings (SSSR count). The fourth-order valence-electron chi connectivity index (χ4n) is 2.25. The monoisotopic (exact) mass is 391 g/mol. The Balaban J connectivity index is 2.57. The summed E-state index contributed by atoms with van der Waals surface area (Å²) in [6, 6.07) is 11.7. The standard InChI is InChI=1S/C20H16F3NO4/c1-12-7-9-13(10-8-12)17(25)15(18(26)20(21,22)23)11-24-16-6-4-3-5-14(16)19(27)28-2/h3-11,25H,1-2H3/b17-15-,24-11?. The van der Waals surface area contributed by atoms with E-state index in [0.717, 1.165) is 12.7 Å². The Bertz CT molecular complexity index is 945. The van der Waals surface area contributed by atoms with Gasteiger partial charge in [-0.1, -0.05) is 42.0 Å². The number of hydrogen-bond acceptors (Lipinski definition) is 5. The van der Waals surface area contributed by atoms with Gasteiger partial charge in [0.05, 0.1) is 23.9 Å². The highest BCUT2D eigenvalue weighted by molar-refractivity contribution is 6.20. The molecule has 0 aliphatic heterocycles. The summed E-state index contributed by atoms with van der Waals surface area (Å²) >= 11 is 0. The van der Waals surface area contributed by atoms with Crippen molar-refractivity contribution in [2.45, 2.75) is 13.1 Å². The molecule has 0 aromatic heterocycles. The summed E-state index contributed by atoms with van der Waals surface area (Å²) in [5, 5.41) is 10.3. The first-order valence-corrected chi connectivity index (χ1v) is 7.98. The van der Waals surface area contributed by atoms with Gasteiger partial charge in [0.1, 0.15) is 5.76 Å². The number of rotatable bonds is 5. The zero-order chi connectivity index (χ0) is 20.9. The van der Waals surface area contributed by atoms with Crippen molar-refractivity contribution in [3.8, 4) is 0 Å². The van der Waals surface area contributed by atoms with E-state index in [2.05, 4.69) is 9.73 Å². The first-order chi connectivity index (χ1) is 13.1. The average molecular weight is 391 g/mol. The second kappa shape index (κ2) is 8.51. The van der Waals surface area contributed by atoms with Crippen LogP contribution >= 0.6 is 0 Å². The lowest BCUT2D eigenvalue weighted by Crippen LogP contribution is -2.26. The number of nitrogens with zero attached hydrogens (tertiary/aromatic N) is 1. The van der Waals surface area contributed by atoms with Crippen molar-refractivity contribution < 1.29 is 32.6 Å². The molecule has 146 valence electrons. The number of aryl methyl sites for hydroxylation is 1. The summed E-state index contributed by atoms with van der Waals surface area (Å²) in [5.41, 5.74) is -0.226. The molecule has 0 aliphatic carbocycles. The van der Waals surface area contributed by atoms with E-state index in [9.17, 15) is 27.9 Å². The maximum absolute atomic E-state index is 13.0. The third-order valence-electron chi connectivity index (χ3n) is 3.72. The number of para-hydroxylation sites is 1. The lowest BCUT2D eigenvalue weighted by atomic mass is 10.0. The Morgan fingerprint density at radius 3 is 2.25 bits per heavy atom. The molecule has 0 fully saturated rings. The largest absolute Gasteiger partial charge is 0.506 e. The van der Waals surface area contributed by atoms with Gasteiger partial charge in [-0.2, -0.15) is 13.2 Å². The number of esters is 1. The van der Waals surface area contributed by atoms with Crippen LogP contribution in [0.3, 0.4) is 0 Å². The van der Waals surface area contributed by atoms with Gasteiger partial charge in [-0.3, -0.25) is 9.79 Å². The summed E-state index contributed by atoms with van der Waals surface area (Å²) in [6.07, 6.45) is -4.63. The lowest BCUT2D eigenvalue weighted by Gasteiger charge is -2.10. The molecule has 0 saturated heterocycles. The number of aliphatic imine (C=N–C) groups is 1. The Labute approximate surface area is 158 Å². The molecule has 0 unspecified atom stereocenters. The number of hydrogen-bond donors (Lipinski definition) is 1. The van der Waals surface area contributed by atoms with Gasteiger partial charge in [0.15, 0.2) is 0 Å². The van der Waals surface area contributed by atoms with Crippen LogP contribution in [-0.4, -0.2) is 36.4 Å². The zero-order valence-corrected chi connectivity index (χ0v) is 14.9. The molecule has 0 aliphatic rings. The minimum Gasteiger partial charge on any atom is -0.506 e. The summed E-state index contributed by atoms with van der Waals surface area (Å²) in [6.45, 7) is 1.76. The number of methoxy groups -OCH3 is 1. The molecule has 0 radical (unpaired) electrons. The molecule has 1 N–H and O–H groups in total. The van der Waals surface area contributed by atoms with Gasteiger partial charge in [-0.25, -0.2) is 4.79 Å². The Morgan fingerprint density at radius 1 is 1.07 bits per heavy atom. The molecular formula is C20H16F3NO4. The summed E-state index contributed by atoms with van der Waals surface area (Å²) in [5.74, 6) is -3.88. The van der Waals surface area contributed by atoms with Crippen LogP contribution < -0.4 is 0 Å². The van der Waals surface area contributed by atoms with E-state index < -0.39 is 29.3 Å². The van der Waals surface area contributed by atoms with Crippen molar-refractivity contribution in [2.24, 2.45) is 4.99 Å². The molecule has 0 saturated carbocycles. The Morgan fingerprint density at radius 2 is 1.68 bits per heavy atom. The highest BCUT2D eigenvalue weighted by Crippen LogP contribution is 2.26. The maximum Gasteiger partial charge on any atom is 0.455 e. The Hall–Kier alpha value is -3.42. The number of benzene rings is 2. The molecule has 5 nitrogen and oxygen atoms in total. The first kappa shape index (κ1) is 20.9. The van der Waals surface area contributed by atoms with Crippen LogP contribution in [0.1, 0.15) is 21.5 Å². The predicted octanol–water partition coefficient (Wildman–Crippen LogP) is 4.58. The SMILES string of the molecule is COC(=O)c1ccccc1N=C/C(C(=O)C(F)(F)F)=C(/O)c1ccc(C)cc1. The van der Waals surface area contributed by atoms with Crippen molar-refractivity contribution in [3.05, 3.63) is 70.8 Å². The smallest absolute Gasteiger partial charge is 0.455 e. The van der Waals surface area contributed by atoms with Crippen molar-refractivity contribution in [1.29, 1.82) is 0 Å². The highest BCUT2D eigenvalue weighted by atomic mass is 19.4. The number of carbonyl (C=O) groups is 2. The molecular weight excluding hydrogens is 375 g/mol. The third kappa shape index (κ3) is 4.85. The molecule has 0 heterocycles. The van der Waals surface area contributed by atoms with E-state index in [1.807, 2.05) is 0 Å². The summed E-state index contributed by atoms with van der Waals surface area (Å²) in [7, 11) is 1.14. The van der Waals surface area contributed by atoms with Crippen molar-refractivity contribution in [1.82, 2.24) is 0 Å². The molecule has 8 heteroatoms. The maximum atomic E-state index is 13.0. The van der Waals surface area contributed by atoms with Crippen molar-refractivity contribution >= 4 is 29.4 Å². The van der Waals surface area contributed by atoms with Crippen molar-refractivity contribution in [2.75, 3.05) is 7.11 Å². The number of halogens is 3. The number of ether oxygens (including phenoxy) is 1. The molecule has 28 heavy (non-hydrogen) atoms. The van der Waals surface area contributed by atoms with Crippen LogP contribution in [0.25, 0.3) is 5.76 Å². The minimum atomic E-state index is -5.22. The minimum absolute atomic E-state index is 0.00474. The highest BCUT2D eigenvalue weighted by Gasteiger charge is 2.41. The van der Waals surface area contributed by atoms with Crippen LogP contribution in [0.4, 0.5) is 18.9 Å². The third-order valence-corrected chi connectivity index (χ3v) is 3.72. The molecule has 0 spiro atoms. The van der Waals surface area contributed by atoms with E-state index in [-0.39, 0.29) is 16.8 Å². The molecule has 0 amide bonds. The van der Waals surface area contributed by atoms with E-state index in [1.165, 1.54) is 36.4 Å². The summed E-state index contributed by atoms with van der Waals surface area (Å²) < 4.78 is 43.6. The van der Waals surface area contributed by atoms with E-state index in [1.54, 1.807) is 19.1 Å². The van der Waals surface area contributed by atoms with Gasteiger partial charge in [0.25, 0.3) is 5.78 Å². The number of alkyl halides is 3. The van der Waals surface area contributed by atoms with E-state index in [0.29, 0.717) is 6.21 Å². The predicted molar refractivity (Wildman–Crippen MR) is 97.7 cm³/mol. The lowest BCUT2D eigenvalue weighted by molar-refractivity contribution is -0.165. The van der Waals surface area contributed by atoms with Gasteiger partial charge in [0.2, 0.25) is 0 Å². The number of allylic oxidation sites excluding steroid dienone is 1. The van der Waals surface area contributed by atoms with Gasteiger partial charge in [-0.05, 0) is 19.1 Å². The molecule has 2 aromatic rings. The second-order valence-electron chi connectivity index (χ2n) is 5.72. The number of aliphatic hydroxyl groups is 1. The fraction of sp³-hybridized carbons (Fsp3) is 0.150. The topological polar surface area (TPSA) is 76.0 Å². The van der Waals surface area contributed by atoms with Crippen LogP contribution in [0.2, 0.25) is 0 Å². The van der Waals surface area contributed by atoms with Crippen LogP contribution in [0.15, 0.2) is 59.1 Å². The van der Waals surface area contributed by atoms with E-state index >= 15 is 0 Å². The van der Waals surface area contributed by atoms with Crippen LogP contribution in [-0.2, 0) is 9.53 Å². The van der Waals surface area contributed by atoms with Gasteiger partial charge < -0.3 is 9.84 Å². The zero-order valence-electron chi connectivity index (χ0n) is 14.9. The normalized spacial score (nSPS) is 12.6. The molecule has 0 bridgehead atoms. The average Bonchev–Trinajstić information content (AvgIpc) is 2.67. The number of aliphatic hydroxyl groups excluding tert-OH is 1. The van der Waals surface area contributed by atoms with Crippen LogP contribution in [0, 0.1) is 6.92 Å². The van der Waals surface area contributed by atoms with Gasteiger partial charge in [-0.15, -0.1) is 0 Å². The fourth-order valence-corrected chi connectivity index (χ4v) is 2.25. The van der Waals surface area contributed by atoms with Crippen LogP contribution in [0.5, 0.6) is 0 Å². The first-order valence-electron chi connectivity index (χ1n) is 7.98. The number of Topliss-reactive ketones (excluding diaryl/α,β-unsaturated/α-hetero) is 1. The van der Waals surface area contributed by atoms with Crippen molar-refractivity contribution in [3.63, 3.8) is 0 Å². The summed E-state index contributed by atoms with van der Waals surface area (Å²) in [4.78, 5) is 27.4. The molecule has 2 aromatic carbocycles. The second-order valence-corrected chi connectivity index (χ2v) is 5.72. The number of carbonyl (C=O) groups excluding carboxylic acids is 2. The quantitative estimate of drug-likeness (QED) is 0.350. The molecule has 0 atom stereocenters.